The molecule has 0 aromatic carbocycles. The van der Waals surface area contributed by atoms with Crippen LogP contribution in [0.3, 0.4) is 0 Å². The molecular formula is C11H25N3. The molecule has 2 N–H and O–H groups in total. The van der Waals surface area contributed by atoms with Gasteiger partial charge in [0.05, 0.1) is 0 Å². The summed E-state index contributed by atoms with van der Waals surface area (Å²) in [6.07, 6.45) is 0. The second-order valence-electron chi connectivity index (χ2n) is 5.40. The van der Waals surface area contributed by atoms with Crippen LogP contribution in [0.15, 0.2) is 0 Å². The molecule has 0 saturated carbocycles. The fourth-order valence-corrected chi connectivity index (χ4v) is 3.06. The van der Waals surface area contributed by atoms with Crippen LogP contribution in [-0.2, 0) is 0 Å². The lowest BCUT2D eigenvalue weighted by molar-refractivity contribution is -0.0338. The predicted molar refractivity (Wildman–Crippen MR) is 61.4 cm³/mol. The van der Waals surface area contributed by atoms with Gasteiger partial charge in [0, 0.05) is 37.3 Å². The molecule has 84 valence electrons. The average molecular weight is 199 g/mol. The Labute approximate surface area is 88.2 Å². The molecule has 0 aliphatic carbocycles. The van der Waals surface area contributed by atoms with Crippen LogP contribution in [0.25, 0.3) is 0 Å². The maximum atomic E-state index is 5.85. The van der Waals surface area contributed by atoms with Crippen molar-refractivity contribution in [3.05, 3.63) is 0 Å². The van der Waals surface area contributed by atoms with Crippen molar-refractivity contribution < 1.29 is 0 Å². The third-order valence-electron chi connectivity index (χ3n) is 3.10. The Kier molecular flexibility index (Phi) is 3.56. The molecule has 1 rings (SSSR count). The van der Waals surface area contributed by atoms with E-state index in [0.717, 1.165) is 19.6 Å². The lowest BCUT2D eigenvalue weighted by atomic mass is 9.93. The summed E-state index contributed by atoms with van der Waals surface area (Å²) < 4.78 is 0. The lowest BCUT2D eigenvalue weighted by Gasteiger charge is -2.53. The predicted octanol–water partition coefficient (Wildman–Crippen LogP) is 0.748. The molecule has 1 unspecified atom stereocenters. The summed E-state index contributed by atoms with van der Waals surface area (Å²) in [5, 5.41) is 0. The Morgan fingerprint density at radius 1 is 1.43 bits per heavy atom. The van der Waals surface area contributed by atoms with Gasteiger partial charge in [0.2, 0.25) is 0 Å². The van der Waals surface area contributed by atoms with Gasteiger partial charge in [-0.25, -0.2) is 0 Å². The van der Waals surface area contributed by atoms with Gasteiger partial charge in [-0.15, -0.1) is 0 Å². The van der Waals surface area contributed by atoms with Gasteiger partial charge in [-0.3, -0.25) is 4.90 Å². The number of likely N-dealkylation sites (N-methyl/N-ethyl adjacent to an activating group) is 1. The number of nitrogens with two attached hydrogens (primary N) is 1. The minimum atomic E-state index is 0.241. The van der Waals surface area contributed by atoms with E-state index >= 15 is 0 Å². The van der Waals surface area contributed by atoms with Crippen LogP contribution >= 0.6 is 0 Å². The number of piperazine rings is 1. The SMILES string of the molecule is CC(C)N1C(CN)CN(C)CC1(C)C. The molecule has 1 aliphatic heterocycles. The molecular weight excluding hydrogens is 174 g/mol. The summed E-state index contributed by atoms with van der Waals surface area (Å²) in [5.41, 5.74) is 6.09. The summed E-state index contributed by atoms with van der Waals surface area (Å²) in [6.45, 7) is 12.1. The van der Waals surface area contributed by atoms with Crippen LogP contribution in [0.2, 0.25) is 0 Å². The Hall–Kier alpha value is -0.120. The van der Waals surface area contributed by atoms with Gasteiger partial charge in [-0.1, -0.05) is 0 Å². The van der Waals surface area contributed by atoms with E-state index in [0.29, 0.717) is 12.1 Å². The summed E-state index contributed by atoms with van der Waals surface area (Å²) in [7, 11) is 2.18. The highest BCUT2D eigenvalue weighted by Gasteiger charge is 2.39. The maximum Gasteiger partial charge on any atom is 0.0354 e. The molecule has 0 spiro atoms. The Bertz CT molecular complexity index is 189. The zero-order chi connectivity index (χ0) is 10.9. The minimum Gasteiger partial charge on any atom is -0.329 e. The molecule has 1 aliphatic rings. The van der Waals surface area contributed by atoms with Gasteiger partial charge in [-0.05, 0) is 34.7 Å². The maximum absolute atomic E-state index is 5.85. The lowest BCUT2D eigenvalue weighted by Crippen LogP contribution is -2.66. The van der Waals surface area contributed by atoms with Crippen molar-refractivity contribution in [2.24, 2.45) is 5.73 Å². The molecule has 3 heteroatoms. The molecule has 1 atom stereocenters. The molecule has 0 amide bonds. The van der Waals surface area contributed by atoms with Gasteiger partial charge in [0.25, 0.3) is 0 Å². The van der Waals surface area contributed by atoms with Crippen LogP contribution in [0.5, 0.6) is 0 Å². The largest absolute Gasteiger partial charge is 0.329 e. The molecule has 0 bridgehead atoms. The first-order valence-electron chi connectivity index (χ1n) is 5.55. The average Bonchev–Trinajstić information content (AvgIpc) is 1.99. The van der Waals surface area contributed by atoms with E-state index in [2.05, 4.69) is 44.5 Å². The van der Waals surface area contributed by atoms with Crippen molar-refractivity contribution >= 4 is 0 Å². The number of hydrogen-bond donors (Lipinski definition) is 1. The van der Waals surface area contributed by atoms with Crippen LogP contribution in [0.4, 0.5) is 0 Å². The van der Waals surface area contributed by atoms with Crippen LogP contribution in [0, 0.1) is 0 Å². The Morgan fingerprint density at radius 3 is 2.43 bits per heavy atom. The first-order chi connectivity index (χ1) is 6.38. The van der Waals surface area contributed by atoms with Gasteiger partial charge in [-0.2, -0.15) is 0 Å². The van der Waals surface area contributed by atoms with Crippen molar-refractivity contribution in [2.45, 2.75) is 45.3 Å². The third kappa shape index (κ3) is 2.27. The summed E-state index contributed by atoms with van der Waals surface area (Å²) >= 11 is 0. The Balaban J connectivity index is 2.84. The van der Waals surface area contributed by atoms with Gasteiger partial charge in [0.15, 0.2) is 0 Å². The van der Waals surface area contributed by atoms with E-state index in [1.54, 1.807) is 0 Å². The van der Waals surface area contributed by atoms with E-state index in [1.165, 1.54) is 0 Å². The number of rotatable bonds is 2. The molecule has 14 heavy (non-hydrogen) atoms. The van der Waals surface area contributed by atoms with Crippen molar-refractivity contribution in [1.29, 1.82) is 0 Å². The molecule has 1 fully saturated rings. The monoisotopic (exact) mass is 199 g/mol. The Morgan fingerprint density at radius 2 is 2.00 bits per heavy atom. The third-order valence-corrected chi connectivity index (χ3v) is 3.10. The highest BCUT2D eigenvalue weighted by molar-refractivity contribution is 4.96. The standard InChI is InChI=1S/C11H25N3/c1-9(2)14-10(6-12)7-13(5)8-11(14,3)4/h9-10H,6-8,12H2,1-5H3. The van der Waals surface area contributed by atoms with E-state index in [1.807, 2.05) is 0 Å². The summed E-state index contributed by atoms with van der Waals surface area (Å²) in [5.74, 6) is 0. The number of hydrogen-bond acceptors (Lipinski definition) is 3. The molecule has 0 radical (unpaired) electrons. The zero-order valence-corrected chi connectivity index (χ0v) is 10.2. The van der Waals surface area contributed by atoms with Crippen LogP contribution in [0.1, 0.15) is 27.7 Å². The quantitative estimate of drug-likeness (QED) is 0.712. The number of nitrogens with zero attached hydrogens (tertiary/aromatic N) is 2. The van der Waals surface area contributed by atoms with E-state index in [4.69, 9.17) is 5.73 Å². The van der Waals surface area contributed by atoms with Gasteiger partial charge in [0.1, 0.15) is 0 Å². The molecule has 1 saturated heterocycles. The normalized spacial score (nSPS) is 29.8. The molecule has 0 aromatic heterocycles. The smallest absolute Gasteiger partial charge is 0.0354 e. The van der Waals surface area contributed by atoms with Crippen molar-refractivity contribution in [2.75, 3.05) is 26.7 Å². The first kappa shape index (κ1) is 12.0. The second kappa shape index (κ2) is 4.17. The molecule has 1 heterocycles. The van der Waals surface area contributed by atoms with E-state index < -0.39 is 0 Å². The van der Waals surface area contributed by atoms with Crippen molar-refractivity contribution in [3.63, 3.8) is 0 Å². The minimum absolute atomic E-state index is 0.241. The first-order valence-corrected chi connectivity index (χ1v) is 5.55. The van der Waals surface area contributed by atoms with Crippen molar-refractivity contribution in [3.8, 4) is 0 Å². The summed E-state index contributed by atoms with van der Waals surface area (Å²) in [4.78, 5) is 4.95. The van der Waals surface area contributed by atoms with Gasteiger partial charge >= 0.3 is 0 Å². The van der Waals surface area contributed by atoms with E-state index in [9.17, 15) is 0 Å². The van der Waals surface area contributed by atoms with Crippen molar-refractivity contribution in [1.82, 2.24) is 9.80 Å². The van der Waals surface area contributed by atoms with Gasteiger partial charge < -0.3 is 10.6 Å². The zero-order valence-electron chi connectivity index (χ0n) is 10.2. The fraction of sp³-hybridized carbons (Fsp3) is 1.00. The molecule has 0 aromatic rings. The fourth-order valence-electron chi connectivity index (χ4n) is 3.06. The second-order valence-corrected chi connectivity index (χ2v) is 5.40. The van der Waals surface area contributed by atoms with Crippen LogP contribution < -0.4 is 5.73 Å². The molecule has 3 nitrogen and oxygen atoms in total. The van der Waals surface area contributed by atoms with Crippen LogP contribution in [-0.4, -0.2) is 54.1 Å². The topological polar surface area (TPSA) is 32.5 Å². The highest BCUT2D eigenvalue weighted by atomic mass is 15.3. The van der Waals surface area contributed by atoms with E-state index in [-0.39, 0.29) is 5.54 Å². The highest BCUT2D eigenvalue weighted by Crippen LogP contribution is 2.26. The summed E-state index contributed by atoms with van der Waals surface area (Å²) in [6, 6.07) is 1.08.